The molecule has 3 N–H and O–H groups in total. The van der Waals surface area contributed by atoms with Gasteiger partial charge in [-0.2, -0.15) is 0 Å². The molecule has 0 saturated carbocycles. The topological polar surface area (TPSA) is 82.3 Å². The van der Waals surface area contributed by atoms with Gasteiger partial charge in [0.05, 0.1) is 22.3 Å². The van der Waals surface area contributed by atoms with Gasteiger partial charge in [0.25, 0.3) is 0 Å². The first-order valence-corrected chi connectivity index (χ1v) is 8.98. The normalized spacial score (nSPS) is 16.6. The SMILES string of the molecule is Nc1cc2c(Nc3ccc(F)c(Cl)c3)ncnc2cc1OCC1CCCO1. The van der Waals surface area contributed by atoms with Crippen LogP contribution in [0.4, 0.5) is 21.6 Å². The van der Waals surface area contributed by atoms with Crippen molar-refractivity contribution in [3.05, 3.63) is 47.5 Å². The summed E-state index contributed by atoms with van der Waals surface area (Å²) in [6.45, 7) is 1.23. The number of halogens is 2. The third kappa shape index (κ3) is 3.89. The summed E-state index contributed by atoms with van der Waals surface area (Å²) >= 11 is 5.84. The van der Waals surface area contributed by atoms with Gasteiger partial charge in [-0.15, -0.1) is 0 Å². The van der Waals surface area contributed by atoms with E-state index in [-0.39, 0.29) is 11.1 Å². The molecular weight excluding hydrogens is 371 g/mol. The minimum Gasteiger partial charge on any atom is -0.489 e. The number of nitrogens with two attached hydrogens (primary N) is 1. The van der Waals surface area contributed by atoms with E-state index >= 15 is 0 Å². The zero-order chi connectivity index (χ0) is 18.8. The summed E-state index contributed by atoms with van der Waals surface area (Å²) in [6.07, 6.45) is 3.59. The molecular formula is C19H18ClFN4O2. The number of fused-ring (bicyclic) bond motifs is 1. The molecule has 8 heteroatoms. The van der Waals surface area contributed by atoms with Gasteiger partial charge in [0.15, 0.2) is 0 Å². The number of aromatic nitrogens is 2. The predicted molar refractivity (Wildman–Crippen MR) is 103 cm³/mol. The lowest BCUT2D eigenvalue weighted by Crippen LogP contribution is -2.16. The summed E-state index contributed by atoms with van der Waals surface area (Å²) in [5.74, 6) is 0.625. The maximum Gasteiger partial charge on any atom is 0.144 e. The molecule has 1 saturated heterocycles. The first kappa shape index (κ1) is 17.8. The Morgan fingerprint density at radius 2 is 2.19 bits per heavy atom. The summed E-state index contributed by atoms with van der Waals surface area (Å²) in [4.78, 5) is 8.55. The van der Waals surface area contributed by atoms with Crippen molar-refractivity contribution in [3.8, 4) is 5.75 Å². The van der Waals surface area contributed by atoms with Crippen LogP contribution in [0.5, 0.6) is 5.75 Å². The predicted octanol–water partition coefficient (Wildman–Crippen LogP) is 4.31. The molecule has 140 valence electrons. The summed E-state index contributed by atoms with van der Waals surface area (Å²) in [6, 6.07) is 7.90. The fraction of sp³-hybridized carbons (Fsp3) is 0.263. The van der Waals surface area contributed by atoms with Crippen LogP contribution in [0.2, 0.25) is 5.02 Å². The fourth-order valence-corrected chi connectivity index (χ4v) is 3.17. The third-order valence-electron chi connectivity index (χ3n) is 4.40. The van der Waals surface area contributed by atoms with Gasteiger partial charge in [-0.25, -0.2) is 14.4 Å². The van der Waals surface area contributed by atoms with Crippen LogP contribution in [-0.2, 0) is 4.74 Å². The van der Waals surface area contributed by atoms with E-state index in [2.05, 4.69) is 15.3 Å². The minimum absolute atomic E-state index is 0.0303. The van der Waals surface area contributed by atoms with Crippen LogP contribution in [0, 0.1) is 5.82 Å². The standard InChI is InChI=1S/C19H18ClFN4O2/c20-14-6-11(3-4-15(14)21)25-19-13-7-16(22)18(8-17(13)23-10-24-19)27-9-12-2-1-5-26-12/h3-4,6-8,10,12H,1-2,5,9,22H2,(H,23,24,25). The second kappa shape index (κ2) is 7.54. The average Bonchev–Trinajstić information content (AvgIpc) is 3.17. The van der Waals surface area contributed by atoms with E-state index in [0.29, 0.717) is 35.1 Å². The average molecular weight is 389 g/mol. The molecule has 2 aromatic carbocycles. The largest absolute Gasteiger partial charge is 0.489 e. The Morgan fingerprint density at radius 3 is 2.96 bits per heavy atom. The van der Waals surface area contributed by atoms with Gasteiger partial charge >= 0.3 is 0 Å². The molecule has 0 aliphatic carbocycles. The van der Waals surface area contributed by atoms with Crippen LogP contribution in [0.25, 0.3) is 10.9 Å². The number of ether oxygens (including phenoxy) is 2. The Hall–Kier alpha value is -2.64. The van der Waals surface area contributed by atoms with Crippen molar-refractivity contribution in [2.24, 2.45) is 0 Å². The Kier molecular flexibility index (Phi) is 4.96. The Morgan fingerprint density at radius 1 is 1.30 bits per heavy atom. The lowest BCUT2D eigenvalue weighted by atomic mass is 10.2. The minimum atomic E-state index is -0.480. The van der Waals surface area contributed by atoms with Crippen LogP contribution >= 0.6 is 11.6 Å². The molecule has 0 radical (unpaired) electrons. The molecule has 1 aromatic heterocycles. The van der Waals surface area contributed by atoms with Crippen LogP contribution in [0.3, 0.4) is 0 Å². The molecule has 6 nitrogen and oxygen atoms in total. The van der Waals surface area contributed by atoms with Gasteiger partial charge in [0, 0.05) is 23.7 Å². The van der Waals surface area contributed by atoms with E-state index in [1.165, 1.54) is 18.5 Å². The van der Waals surface area contributed by atoms with Gasteiger partial charge in [-0.3, -0.25) is 0 Å². The highest BCUT2D eigenvalue weighted by Crippen LogP contribution is 2.32. The van der Waals surface area contributed by atoms with Crippen molar-refractivity contribution in [2.75, 3.05) is 24.3 Å². The molecule has 4 rings (SSSR count). The van der Waals surface area contributed by atoms with Crippen LogP contribution in [-0.4, -0.2) is 29.3 Å². The summed E-state index contributed by atoms with van der Waals surface area (Å²) < 4.78 is 24.7. The van der Waals surface area contributed by atoms with Gasteiger partial charge < -0.3 is 20.5 Å². The van der Waals surface area contributed by atoms with E-state index in [4.69, 9.17) is 26.8 Å². The number of nitrogens with zero attached hydrogens (tertiary/aromatic N) is 2. The van der Waals surface area contributed by atoms with Crippen LogP contribution in [0.15, 0.2) is 36.7 Å². The number of hydrogen-bond acceptors (Lipinski definition) is 6. The van der Waals surface area contributed by atoms with Crippen molar-refractivity contribution in [1.82, 2.24) is 9.97 Å². The van der Waals surface area contributed by atoms with Gasteiger partial charge in [0.1, 0.15) is 30.3 Å². The van der Waals surface area contributed by atoms with Crippen molar-refractivity contribution >= 4 is 39.7 Å². The van der Waals surface area contributed by atoms with Crippen LogP contribution < -0.4 is 15.8 Å². The number of hydrogen-bond donors (Lipinski definition) is 2. The highest BCUT2D eigenvalue weighted by atomic mass is 35.5. The Labute approximate surface area is 160 Å². The molecule has 2 heterocycles. The number of rotatable bonds is 5. The molecule has 1 unspecified atom stereocenters. The third-order valence-corrected chi connectivity index (χ3v) is 4.69. The van der Waals surface area contributed by atoms with Crippen molar-refractivity contribution in [1.29, 1.82) is 0 Å². The highest BCUT2D eigenvalue weighted by Gasteiger charge is 2.17. The van der Waals surface area contributed by atoms with E-state index in [0.717, 1.165) is 24.8 Å². The lowest BCUT2D eigenvalue weighted by molar-refractivity contribution is 0.0682. The fourth-order valence-electron chi connectivity index (χ4n) is 2.99. The summed E-state index contributed by atoms with van der Waals surface area (Å²) in [5, 5.41) is 3.87. The van der Waals surface area contributed by atoms with Crippen molar-refractivity contribution < 1.29 is 13.9 Å². The summed E-state index contributed by atoms with van der Waals surface area (Å²) in [5.41, 5.74) is 7.93. The molecule has 27 heavy (non-hydrogen) atoms. The first-order valence-electron chi connectivity index (χ1n) is 8.61. The monoisotopic (exact) mass is 388 g/mol. The molecule has 1 aliphatic heterocycles. The van der Waals surface area contributed by atoms with Gasteiger partial charge in [-0.05, 0) is 37.1 Å². The molecule has 0 amide bonds. The number of nitrogen functional groups attached to an aromatic ring is 1. The molecule has 0 bridgehead atoms. The quantitative estimate of drug-likeness (QED) is 0.634. The Bertz CT molecular complexity index is 979. The number of benzene rings is 2. The van der Waals surface area contributed by atoms with Gasteiger partial charge in [-0.1, -0.05) is 11.6 Å². The zero-order valence-electron chi connectivity index (χ0n) is 14.4. The smallest absolute Gasteiger partial charge is 0.144 e. The van der Waals surface area contributed by atoms with Gasteiger partial charge in [0.2, 0.25) is 0 Å². The zero-order valence-corrected chi connectivity index (χ0v) is 15.2. The maximum atomic E-state index is 13.3. The maximum absolute atomic E-state index is 13.3. The first-order chi connectivity index (χ1) is 13.1. The van der Waals surface area contributed by atoms with Crippen molar-refractivity contribution in [3.63, 3.8) is 0 Å². The second-order valence-electron chi connectivity index (χ2n) is 6.33. The molecule has 3 aromatic rings. The molecule has 1 fully saturated rings. The molecule has 1 atom stereocenters. The summed E-state index contributed by atoms with van der Waals surface area (Å²) in [7, 11) is 0. The number of anilines is 3. The molecule has 1 aliphatic rings. The van der Waals surface area contributed by atoms with E-state index in [1.54, 1.807) is 18.2 Å². The lowest BCUT2D eigenvalue weighted by Gasteiger charge is -2.15. The molecule has 0 spiro atoms. The Balaban J connectivity index is 1.60. The second-order valence-corrected chi connectivity index (χ2v) is 6.74. The number of nitrogens with one attached hydrogen (secondary N) is 1. The van der Waals surface area contributed by atoms with E-state index in [9.17, 15) is 4.39 Å². The van der Waals surface area contributed by atoms with Crippen molar-refractivity contribution in [2.45, 2.75) is 18.9 Å². The van der Waals surface area contributed by atoms with Crippen LogP contribution in [0.1, 0.15) is 12.8 Å². The highest BCUT2D eigenvalue weighted by molar-refractivity contribution is 6.31. The van der Waals surface area contributed by atoms with E-state index < -0.39 is 5.82 Å². The van der Waals surface area contributed by atoms with E-state index in [1.807, 2.05) is 0 Å².